The Hall–Kier alpha value is -1.99. The number of rotatable bonds is 2. The highest BCUT2D eigenvalue weighted by Gasteiger charge is 2.54. The first-order chi connectivity index (χ1) is 13.9. The minimum Gasteiger partial charge on any atom is -0.353 e. The lowest BCUT2D eigenvalue weighted by Crippen LogP contribution is -2.59. The maximum absolute atomic E-state index is 13.5. The molecule has 1 unspecified atom stereocenters. The molecule has 4 rings (SSSR count). The van der Waals surface area contributed by atoms with Gasteiger partial charge in [0.25, 0.3) is 5.91 Å². The summed E-state index contributed by atoms with van der Waals surface area (Å²) in [7, 11) is 2.04. The molecular formula is C22H30FN3O3. The van der Waals surface area contributed by atoms with Crippen LogP contribution in [0.1, 0.15) is 43.0 Å². The molecule has 1 aliphatic carbocycles. The van der Waals surface area contributed by atoms with E-state index in [1.165, 1.54) is 24.3 Å². The zero-order chi connectivity index (χ0) is 20.6. The maximum atomic E-state index is 13.5. The molecule has 0 aromatic heterocycles. The number of halogens is 1. The number of hydrogen-bond acceptors (Lipinski definition) is 4. The Balaban J connectivity index is 1.62. The molecule has 2 saturated heterocycles. The zero-order valence-corrected chi connectivity index (χ0v) is 17.3. The molecule has 1 saturated carbocycles. The van der Waals surface area contributed by atoms with Gasteiger partial charge in [-0.25, -0.2) is 4.39 Å². The molecule has 6 nitrogen and oxygen atoms in total. The monoisotopic (exact) mass is 403 g/mol. The fourth-order valence-corrected chi connectivity index (χ4v) is 4.74. The molecule has 2 amide bonds. The molecule has 1 aromatic carbocycles. The second-order valence-corrected chi connectivity index (χ2v) is 8.77. The topological polar surface area (TPSA) is 53.1 Å². The average molecular weight is 403 g/mol. The first-order valence-electron chi connectivity index (χ1n) is 10.6. The van der Waals surface area contributed by atoms with Gasteiger partial charge in [0.1, 0.15) is 17.6 Å². The standard InChI is InChI=1S/C22H30FN3O3/c1-16-7-9-22(10-8-16)26(20(27)17-3-5-18(23)6-4-17)19(15-29-22)21(28)25-13-11-24(2)12-14-25/h3-6,16,19H,7-15H2,1-2H3. The largest absolute Gasteiger partial charge is 0.353 e. The van der Waals surface area contributed by atoms with E-state index in [0.29, 0.717) is 24.6 Å². The highest BCUT2D eigenvalue weighted by molar-refractivity contribution is 5.98. The van der Waals surface area contributed by atoms with Crippen molar-refractivity contribution in [1.82, 2.24) is 14.7 Å². The summed E-state index contributed by atoms with van der Waals surface area (Å²) in [4.78, 5) is 32.6. The molecule has 2 aliphatic heterocycles. The number of amides is 2. The Morgan fingerprint density at radius 1 is 1.07 bits per heavy atom. The lowest BCUT2D eigenvalue weighted by molar-refractivity contribution is -0.139. The Kier molecular flexibility index (Phi) is 5.62. The lowest BCUT2D eigenvalue weighted by atomic mass is 9.83. The van der Waals surface area contributed by atoms with Crippen LogP contribution in [0.25, 0.3) is 0 Å². The second kappa shape index (κ2) is 8.03. The lowest BCUT2D eigenvalue weighted by Gasteiger charge is -2.44. The zero-order valence-electron chi connectivity index (χ0n) is 17.3. The van der Waals surface area contributed by atoms with Crippen LogP contribution in [0.15, 0.2) is 24.3 Å². The van der Waals surface area contributed by atoms with Crippen molar-refractivity contribution in [2.45, 2.75) is 44.4 Å². The molecule has 7 heteroatoms. The van der Waals surface area contributed by atoms with Crippen LogP contribution in [-0.2, 0) is 9.53 Å². The summed E-state index contributed by atoms with van der Waals surface area (Å²) in [6, 6.07) is 4.94. The van der Waals surface area contributed by atoms with Crippen molar-refractivity contribution < 1.29 is 18.7 Å². The van der Waals surface area contributed by atoms with E-state index in [9.17, 15) is 14.0 Å². The van der Waals surface area contributed by atoms with E-state index in [-0.39, 0.29) is 24.2 Å². The smallest absolute Gasteiger partial charge is 0.256 e. The highest BCUT2D eigenvalue weighted by atomic mass is 19.1. The van der Waals surface area contributed by atoms with Crippen LogP contribution in [0, 0.1) is 11.7 Å². The van der Waals surface area contributed by atoms with E-state index in [0.717, 1.165) is 38.8 Å². The van der Waals surface area contributed by atoms with Crippen molar-refractivity contribution in [1.29, 1.82) is 0 Å². The molecule has 3 fully saturated rings. The summed E-state index contributed by atoms with van der Waals surface area (Å²) in [5, 5.41) is 0. The summed E-state index contributed by atoms with van der Waals surface area (Å²) >= 11 is 0. The molecule has 0 N–H and O–H groups in total. The Labute approximate surface area is 171 Å². The first kappa shape index (κ1) is 20.3. The first-order valence-corrected chi connectivity index (χ1v) is 10.6. The number of hydrogen-bond donors (Lipinski definition) is 0. The van der Waals surface area contributed by atoms with Gasteiger partial charge < -0.3 is 14.5 Å². The van der Waals surface area contributed by atoms with Gasteiger partial charge in [-0.15, -0.1) is 0 Å². The van der Waals surface area contributed by atoms with Gasteiger partial charge in [0.15, 0.2) is 0 Å². The number of piperazine rings is 1. The van der Waals surface area contributed by atoms with Crippen molar-refractivity contribution in [2.24, 2.45) is 5.92 Å². The molecule has 0 radical (unpaired) electrons. The SMILES string of the molecule is CC1CCC2(CC1)OCC(C(=O)N1CCN(C)CC1)N2C(=O)c1ccc(F)cc1. The van der Waals surface area contributed by atoms with Gasteiger partial charge in [-0.2, -0.15) is 0 Å². The van der Waals surface area contributed by atoms with Crippen LogP contribution in [0.3, 0.4) is 0 Å². The average Bonchev–Trinajstić information content (AvgIpc) is 3.09. The van der Waals surface area contributed by atoms with E-state index < -0.39 is 11.8 Å². The van der Waals surface area contributed by atoms with E-state index >= 15 is 0 Å². The minimum absolute atomic E-state index is 0.0379. The van der Waals surface area contributed by atoms with Gasteiger partial charge in [0.05, 0.1) is 6.61 Å². The molecule has 158 valence electrons. The van der Waals surface area contributed by atoms with Crippen LogP contribution in [-0.4, -0.2) is 78.1 Å². The number of nitrogens with zero attached hydrogens (tertiary/aromatic N) is 3. The van der Waals surface area contributed by atoms with Crippen LogP contribution in [0.4, 0.5) is 4.39 Å². The van der Waals surface area contributed by atoms with Crippen LogP contribution >= 0.6 is 0 Å². The van der Waals surface area contributed by atoms with Crippen LogP contribution in [0.5, 0.6) is 0 Å². The van der Waals surface area contributed by atoms with Gasteiger partial charge >= 0.3 is 0 Å². The van der Waals surface area contributed by atoms with Crippen molar-refractivity contribution in [3.05, 3.63) is 35.6 Å². The predicted molar refractivity (Wildman–Crippen MR) is 107 cm³/mol. The third-order valence-electron chi connectivity index (χ3n) is 6.73. The minimum atomic E-state index is -0.731. The molecule has 1 atom stereocenters. The number of carbonyl (C=O) groups is 2. The molecular weight excluding hydrogens is 373 g/mol. The summed E-state index contributed by atoms with van der Waals surface area (Å²) in [6.07, 6.45) is 3.38. The normalized spacial score (nSPS) is 30.7. The summed E-state index contributed by atoms with van der Waals surface area (Å²) < 4.78 is 19.6. The van der Waals surface area contributed by atoms with Gasteiger partial charge in [0, 0.05) is 31.7 Å². The fraction of sp³-hybridized carbons (Fsp3) is 0.636. The summed E-state index contributed by atoms with van der Waals surface area (Å²) in [6.45, 7) is 5.41. The molecule has 1 aromatic rings. The third kappa shape index (κ3) is 3.90. The van der Waals surface area contributed by atoms with Gasteiger partial charge in [-0.05, 0) is 62.9 Å². The van der Waals surface area contributed by atoms with Crippen LogP contribution in [0.2, 0.25) is 0 Å². The van der Waals surface area contributed by atoms with Crippen molar-refractivity contribution in [3.63, 3.8) is 0 Å². The molecule has 0 bridgehead atoms. The fourth-order valence-electron chi connectivity index (χ4n) is 4.74. The highest BCUT2D eigenvalue weighted by Crippen LogP contribution is 2.43. The molecule has 29 heavy (non-hydrogen) atoms. The number of likely N-dealkylation sites (N-methyl/N-ethyl adjacent to an activating group) is 1. The Bertz CT molecular complexity index is 753. The van der Waals surface area contributed by atoms with Crippen molar-refractivity contribution in [2.75, 3.05) is 39.8 Å². The van der Waals surface area contributed by atoms with Crippen molar-refractivity contribution >= 4 is 11.8 Å². The number of benzene rings is 1. The van der Waals surface area contributed by atoms with Gasteiger partial charge in [0.2, 0.25) is 5.91 Å². The summed E-state index contributed by atoms with van der Waals surface area (Å²) in [5.41, 5.74) is -0.337. The predicted octanol–water partition coefficient (Wildman–Crippen LogP) is 2.35. The second-order valence-electron chi connectivity index (χ2n) is 8.77. The van der Waals surface area contributed by atoms with Gasteiger partial charge in [-0.3, -0.25) is 14.5 Å². The van der Waals surface area contributed by atoms with Crippen molar-refractivity contribution in [3.8, 4) is 0 Å². The molecule has 2 heterocycles. The Morgan fingerprint density at radius 3 is 2.31 bits per heavy atom. The number of ether oxygens (including phenoxy) is 1. The quantitative estimate of drug-likeness (QED) is 0.761. The molecule has 3 aliphatic rings. The van der Waals surface area contributed by atoms with Gasteiger partial charge in [-0.1, -0.05) is 6.92 Å². The Morgan fingerprint density at radius 2 is 1.69 bits per heavy atom. The number of carbonyl (C=O) groups excluding carboxylic acids is 2. The van der Waals surface area contributed by atoms with E-state index in [2.05, 4.69) is 11.8 Å². The summed E-state index contributed by atoms with van der Waals surface area (Å²) in [5.74, 6) is -0.0848. The van der Waals surface area contributed by atoms with E-state index in [4.69, 9.17) is 4.74 Å². The van der Waals surface area contributed by atoms with E-state index in [1.54, 1.807) is 4.90 Å². The van der Waals surface area contributed by atoms with Crippen LogP contribution < -0.4 is 0 Å². The maximum Gasteiger partial charge on any atom is 0.256 e. The third-order valence-corrected chi connectivity index (χ3v) is 6.73. The molecule has 1 spiro atoms. The van der Waals surface area contributed by atoms with E-state index in [1.807, 2.05) is 11.9 Å².